The molecule has 2 aliphatic carbocycles. The highest BCUT2D eigenvalue weighted by Crippen LogP contribution is 2.49. The summed E-state index contributed by atoms with van der Waals surface area (Å²) >= 11 is 0. The van der Waals surface area contributed by atoms with Crippen LogP contribution in [0.25, 0.3) is 60.6 Å². The molecule has 4 heterocycles. The van der Waals surface area contributed by atoms with Crippen LogP contribution < -0.4 is 0 Å². The molecule has 9 rings (SSSR count). The van der Waals surface area contributed by atoms with Gasteiger partial charge in [-0.1, -0.05) is 42.5 Å². The molecule has 3 aromatic carbocycles. The van der Waals surface area contributed by atoms with Crippen molar-refractivity contribution in [1.29, 1.82) is 0 Å². The molecule has 0 amide bonds. The third-order valence-electron chi connectivity index (χ3n) is 8.02. The zero-order valence-corrected chi connectivity index (χ0v) is 18.8. The quantitative estimate of drug-likeness (QED) is 0.243. The van der Waals surface area contributed by atoms with Crippen molar-refractivity contribution in [3.63, 3.8) is 0 Å². The van der Waals surface area contributed by atoms with E-state index in [9.17, 15) is 0 Å². The monoisotopic (exact) mass is 446 g/mol. The Labute approximate surface area is 200 Å². The number of pyridine rings is 3. The second-order valence-corrected chi connectivity index (χ2v) is 9.68. The van der Waals surface area contributed by atoms with E-state index >= 15 is 0 Å². The maximum atomic E-state index is 5.14. The summed E-state index contributed by atoms with van der Waals surface area (Å²) in [5, 5.41) is 3.32. The van der Waals surface area contributed by atoms with E-state index in [0.29, 0.717) is 0 Å². The fourth-order valence-corrected chi connectivity index (χ4v) is 6.59. The molecule has 7 aromatic rings. The topological polar surface area (TPSA) is 43.1 Å². The minimum absolute atomic E-state index is 0.922. The van der Waals surface area contributed by atoms with E-state index < -0.39 is 0 Å². The molecular weight excluding hydrogens is 428 g/mol. The molecule has 0 aliphatic heterocycles. The Bertz CT molecular complexity index is 2070. The Balaban J connectivity index is 1.42. The lowest BCUT2D eigenvalue weighted by Gasteiger charge is -2.09. The second-order valence-electron chi connectivity index (χ2n) is 9.68. The molecule has 0 N–H and O–H groups in total. The number of hydrogen-bond donors (Lipinski definition) is 0. The van der Waals surface area contributed by atoms with Crippen LogP contribution >= 0.6 is 0 Å². The summed E-state index contributed by atoms with van der Waals surface area (Å²) in [7, 11) is 0. The highest BCUT2D eigenvalue weighted by atomic mass is 15.0. The molecule has 0 bridgehead atoms. The summed E-state index contributed by atoms with van der Waals surface area (Å²) in [5.41, 5.74) is 15.6. The highest BCUT2D eigenvalue weighted by Gasteiger charge is 2.30. The number of rotatable bonds is 0. The van der Waals surface area contributed by atoms with E-state index in [0.717, 1.165) is 45.7 Å². The molecule has 0 saturated carbocycles. The standard InChI is InChI=1S/C31H18N4/c1-2-4-19-17(3-1)13-18-5-6-20-21-7-8-27-30(24(21)14-23(20)29(18)19)35-28-10-12-33-15-25(28)22-9-11-32-16-26(22)31(35)34-27/h1-12,15-16H,13-14H2. The van der Waals surface area contributed by atoms with E-state index in [1.807, 2.05) is 24.8 Å². The van der Waals surface area contributed by atoms with E-state index in [1.165, 1.54) is 50.0 Å². The fourth-order valence-electron chi connectivity index (χ4n) is 6.59. The van der Waals surface area contributed by atoms with Gasteiger partial charge < -0.3 is 0 Å². The van der Waals surface area contributed by atoms with Gasteiger partial charge in [-0.3, -0.25) is 14.4 Å². The molecule has 0 unspecified atom stereocenters. The maximum absolute atomic E-state index is 5.14. The van der Waals surface area contributed by atoms with Gasteiger partial charge in [-0.15, -0.1) is 0 Å². The van der Waals surface area contributed by atoms with Crippen LogP contribution in [-0.2, 0) is 12.8 Å². The first-order valence-corrected chi connectivity index (χ1v) is 12.0. The van der Waals surface area contributed by atoms with Crippen molar-refractivity contribution in [2.45, 2.75) is 12.8 Å². The minimum atomic E-state index is 0.922. The SMILES string of the molecule is c1ccc2c(c1)Cc1ccc3c(c1-2)Cc1c-3ccc2nc3c4cnccc4c4cnccc4n3c12. The average Bonchev–Trinajstić information content (AvgIpc) is 3.59. The first-order chi connectivity index (χ1) is 17.4. The Hall–Kier alpha value is -4.57. The molecule has 2 aliphatic rings. The van der Waals surface area contributed by atoms with Gasteiger partial charge in [0, 0.05) is 42.0 Å². The molecule has 4 nitrogen and oxygen atoms in total. The van der Waals surface area contributed by atoms with E-state index in [4.69, 9.17) is 4.98 Å². The van der Waals surface area contributed by atoms with Gasteiger partial charge in [0.15, 0.2) is 0 Å². The fraction of sp³-hybridized carbons (Fsp3) is 0.0645. The van der Waals surface area contributed by atoms with Crippen LogP contribution in [0.2, 0.25) is 0 Å². The van der Waals surface area contributed by atoms with Crippen molar-refractivity contribution in [3.8, 4) is 22.3 Å². The van der Waals surface area contributed by atoms with Crippen LogP contribution in [0.1, 0.15) is 22.3 Å². The zero-order chi connectivity index (χ0) is 22.7. The van der Waals surface area contributed by atoms with Crippen LogP contribution in [-0.4, -0.2) is 19.4 Å². The molecule has 0 atom stereocenters. The van der Waals surface area contributed by atoms with E-state index in [-0.39, 0.29) is 0 Å². The maximum Gasteiger partial charge on any atom is 0.147 e. The van der Waals surface area contributed by atoms with Crippen LogP contribution in [0.3, 0.4) is 0 Å². The van der Waals surface area contributed by atoms with Crippen molar-refractivity contribution in [1.82, 2.24) is 19.4 Å². The normalized spacial score (nSPS) is 13.5. The third-order valence-corrected chi connectivity index (χ3v) is 8.02. The molecular formula is C31H18N4. The van der Waals surface area contributed by atoms with Gasteiger partial charge in [-0.2, -0.15) is 0 Å². The number of fused-ring (bicyclic) bond motifs is 16. The summed E-state index contributed by atoms with van der Waals surface area (Å²) in [5.74, 6) is 0. The van der Waals surface area contributed by atoms with E-state index in [1.54, 1.807) is 0 Å². The van der Waals surface area contributed by atoms with Crippen LogP contribution in [0.15, 0.2) is 85.5 Å². The molecule has 4 heteroatoms. The summed E-state index contributed by atoms with van der Waals surface area (Å²) in [6.45, 7) is 0. The number of benzene rings is 3. The van der Waals surface area contributed by atoms with Crippen LogP contribution in [0, 0.1) is 0 Å². The minimum Gasteiger partial charge on any atom is -0.291 e. The predicted octanol–water partition coefficient (Wildman–Crippen LogP) is 6.73. The van der Waals surface area contributed by atoms with Crippen molar-refractivity contribution in [3.05, 3.63) is 108 Å². The molecule has 0 spiro atoms. The van der Waals surface area contributed by atoms with Gasteiger partial charge in [0.2, 0.25) is 0 Å². The summed E-state index contributed by atoms with van der Waals surface area (Å²) < 4.78 is 2.34. The van der Waals surface area contributed by atoms with Gasteiger partial charge in [0.25, 0.3) is 0 Å². The first kappa shape index (κ1) is 17.8. The van der Waals surface area contributed by atoms with Crippen molar-refractivity contribution in [2.24, 2.45) is 0 Å². The Morgan fingerprint density at radius 3 is 2.43 bits per heavy atom. The largest absolute Gasteiger partial charge is 0.291 e. The van der Waals surface area contributed by atoms with Crippen molar-refractivity contribution >= 4 is 38.4 Å². The average molecular weight is 447 g/mol. The smallest absolute Gasteiger partial charge is 0.147 e. The van der Waals surface area contributed by atoms with Crippen molar-refractivity contribution < 1.29 is 0 Å². The van der Waals surface area contributed by atoms with E-state index in [2.05, 4.69) is 75.0 Å². The molecule has 0 radical (unpaired) electrons. The third kappa shape index (κ3) is 2.11. The number of hydrogen-bond acceptors (Lipinski definition) is 3. The summed E-state index contributed by atoms with van der Waals surface area (Å²) in [4.78, 5) is 14.0. The summed E-state index contributed by atoms with van der Waals surface area (Å²) in [6.07, 6.45) is 9.57. The highest BCUT2D eigenvalue weighted by molar-refractivity contribution is 6.14. The van der Waals surface area contributed by atoms with Gasteiger partial charge in [-0.05, 0) is 74.5 Å². The molecule has 0 saturated heterocycles. The lowest BCUT2D eigenvalue weighted by atomic mass is 9.95. The van der Waals surface area contributed by atoms with Crippen LogP contribution in [0.5, 0.6) is 0 Å². The lowest BCUT2D eigenvalue weighted by Crippen LogP contribution is -1.95. The van der Waals surface area contributed by atoms with Crippen molar-refractivity contribution in [2.75, 3.05) is 0 Å². The second kappa shape index (κ2) is 6.10. The predicted molar refractivity (Wildman–Crippen MR) is 140 cm³/mol. The van der Waals surface area contributed by atoms with Gasteiger partial charge in [0.1, 0.15) is 5.65 Å². The Morgan fingerprint density at radius 2 is 1.46 bits per heavy atom. The first-order valence-electron chi connectivity index (χ1n) is 12.0. The lowest BCUT2D eigenvalue weighted by molar-refractivity contribution is 1.22. The number of nitrogens with zero attached hydrogens (tertiary/aromatic N) is 4. The molecule has 4 aromatic heterocycles. The summed E-state index contributed by atoms with van der Waals surface area (Å²) in [6, 6.07) is 22.2. The zero-order valence-electron chi connectivity index (χ0n) is 18.8. The molecule has 35 heavy (non-hydrogen) atoms. The Kier molecular flexibility index (Phi) is 3.11. The van der Waals surface area contributed by atoms with Gasteiger partial charge >= 0.3 is 0 Å². The number of aromatic nitrogens is 4. The molecule has 162 valence electrons. The molecule has 0 fully saturated rings. The van der Waals surface area contributed by atoms with Gasteiger partial charge in [-0.25, -0.2) is 4.98 Å². The van der Waals surface area contributed by atoms with Crippen LogP contribution in [0.4, 0.5) is 0 Å². The Morgan fingerprint density at radius 1 is 0.629 bits per heavy atom. The van der Waals surface area contributed by atoms with Gasteiger partial charge in [0.05, 0.1) is 16.6 Å². The number of imidazole rings is 1.